The number of sulfonamides is 1. The van der Waals surface area contributed by atoms with E-state index in [0.717, 1.165) is 11.6 Å². The van der Waals surface area contributed by atoms with E-state index >= 15 is 0 Å². The van der Waals surface area contributed by atoms with Crippen molar-refractivity contribution >= 4 is 27.3 Å². The van der Waals surface area contributed by atoms with Crippen LogP contribution in [0.2, 0.25) is 0 Å². The molecule has 0 unspecified atom stereocenters. The maximum atomic E-state index is 12.7. The Morgan fingerprint density at radius 2 is 1.78 bits per heavy atom. The molecule has 27 heavy (non-hydrogen) atoms. The summed E-state index contributed by atoms with van der Waals surface area (Å²) in [6, 6.07) is 10.4. The smallest absolute Gasteiger partial charge is 0.290 e. The van der Waals surface area contributed by atoms with E-state index in [1.807, 2.05) is 13.8 Å². The van der Waals surface area contributed by atoms with E-state index in [4.69, 9.17) is 0 Å². The molecule has 2 aromatic carbocycles. The van der Waals surface area contributed by atoms with Crippen molar-refractivity contribution in [1.29, 1.82) is 0 Å². The van der Waals surface area contributed by atoms with E-state index in [0.29, 0.717) is 0 Å². The SMILES string of the molecule is Cc1cccc([N+](=O)[O-])c1S(=O)(=O)Nc1ccc(CC(=O)NC(C)C)cc1. The molecule has 2 rings (SSSR count). The number of amides is 1. The molecule has 144 valence electrons. The third kappa shape index (κ3) is 5.27. The van der Waals surface area contributed by atoms with Crippen LogP contribution in [0.25, 0.3) is 0 Å². The second kappa shape index (κ2) is 8.17. The number of carbonyl (C=O) groups excluding carboxylic acids is 1. The number of aryl methyl sites for hydroxylation is 1. The van der Waals surface area contributed by atoms with Crippen molar-refractivity contribution in [2.75, 3.05) is 4.72 Å². The van der Waals surface area contributed by atoms with Gasteiger partial charge in [-0.15, -0.1) is 0 Å². The zero-order valence-electron chi connectivity index (χ0n) is 15.2. The molecule has 0 aliphatic carbocycles. The average Bonchev–Trinajstić information content (AvgIpc) is 2.55. The molecule has 0 atom stereocenters. The van der Waals surface area contributed by atoms with Crippen molar-refractivity contribution in [2.24, 2.45) is 0 Å². The van der Waals surface area contributed by atoms with Gasteiger partial charge in [0.15, 0.2) is 4.90 Å². The first-order valence-electron chi connectivity index (χ1n) is 8.25. The number of nitrogens with zero attached hydrogens (tertiary/aromatic N) is 1. The van der Waals surface area contributed by atoms with E-state index in [1.54, 1.807) is 12.1 Å². The lowest BCUT2D eigenvalue weighted by atomic mass is 10.1. The summed E-state index contributed by atoms with van der Waals surface area (Å²) in [5.41, 5.74) is 0.765. The first-order valence-corrected chi connectivity index (χ1v) is 9.73. The zero-order chi connectivity index (χ0) is 20.2. The molecular weight excluding hydrogens is 370 g/mol. The minimum absolute atomic E-state index is 0.0356. The number of hydrogen-bond donors (Lipinski definition) is 2. The van der Waals surface area contributed by atoms with E-state index in [9.17, 15) is 23.3 Å². The lowest BCUT2D eigenvalue weighted by molar-refractivity contribution is -0.387. The van der Waals surface area contributed by atoms with Crippen molar-refractivity contribution in [3.63, 3.8) is 0 Å². The molecule has 0 saturated carbocycles. The van der Waals surface area contributed by atoms with Crippen molar-refractivity contribution < 1.29 is 18.1 Å². The van der Waals surface area contributed by atoms with Crippen molar-refractivity contribution in [2.45, 2.75) is 38.1 Å². The summed E-state index contributed by atoms with van der Waals surface area (Å²) in [5, 5.41) is 13.9. The summed E-state index contributed by atoms with van der Waals surface area (Å²) < 4.78 is 27.7. The van der Waals surface area contributed by atoms with Crippen LogP contribution in [-0.2, 0) is 21.2 Å². The zero-order valence-corrected chi connectivity index (χ0v) is 16.0. The van der Waals surface area contributed by atoms with Gasteiger partial charge in [-0.05, 0) is 44.0 Å². The van der Waals surface area contributed by atoms with E-state index in [1.165, 1.54) is 31.2 Å². The topological polar surface area (TPSA) is 118 Å². The molecule has 1 amide bonds. The highest BCUT2D eigenvalue weighted by atomic mass is 32.2. The van der Waals surface area contributed by atoms with Gasteiger partial charge in [-0.25, -0.2) is 8.42 Å². The molecule has 2 N–H and O–H groups in total. The van der Waals surface area contributed by atoms with Crippen LogP contribution in [-0.4, -0.2) is 25.3 Å². The molecule has 0 aromatic heterocycles. The van der Waals surface area contributed by atoms with Crippen LogP contribution in [0.5, 0.6) is 0 Å². The molecular formula is C18H21N3O5S. The Bertz CT molecular complexity index is 953. The maximum Gasteiger partial charge on any atom is 0.290 e. The van der Waals surface area contributed by atoms with Gasteiger partial charge in [-0.1, -0.05) is 24.3 Å². The van der Waals surface area contributed by atoms with Crippen molar-refractivity contribution in [1.82, 2.24) is 5.32 Å². The monoisotopic (exact) mass is 391 g/mol. The fourth-order valence-corrected chi connectivity index (χ4v) is 4.04. The Morgan fingerprint density at radius 3 is 2.33 bits per heavy atom. The highest BCUT2D eigenvalue weighted by molar-refractivity contribution is 7.93. The van der Waals surface area contributed by atoms with Crippen LogP contribution in [0, 0.1) is 17.0 Å². The average molecular weight is 391 g/mol. The highest BCUT2D eigenvalue weighted by Crippen LogP contribution is 2.28. The number of benzene rings is 2. The summed E-state index contributed by atoms with van der Waals surface area (Å²) in [6.07, 6.45) is 0.175. The molecule has 0 spiro atoms. The summed E-state index contributed by atoms with van der Waals surface area (Å²) in [6.45, 7) is 5.22. The molecule has 0 aliphatic heterocycles. The normalized spacial score (nSPS) is 11.3. The predicted molar refractivity (Wildman–Crippen MR) is 102 cm³/mol. The van der Waals surface area contributed by atoms with Crippen LogP contribution >= 0.6 is 0 Å². The number of anilines is 1. The summed E-state index contributed by atoms with van der Waals surface area (Å²) in [7, 11) is -4.14. The minimum atomic E-state index is -4.14. The van der Waals surface area contributed by atoms with Gasteiger partial charge in [0.25, 0.3) is 15.7 Å². The second-order valence-electron chi connectivity index (χ2n) is 6.38. The van der Waals surface area contributed by atoms with Gasteiger partial charge in [0, 0.05) is 17.8 Å². The third-order valence-electron chi connectivity index (χ3n) is 3.68. The van der Waals surface area contributed by atoms with Gasteiger partial charge < -0.3 is 5.32 Å². The Balaban J connectivity index is 2.22. The summed E-state index contributed by atoms with van der Waals surface area (Å²) in [5.74, 6) is -0.131. The van der Waals surface area contributed by atoms with Crippen LogP contribution in [0.4, 0.5) is 11.4 Å². The summed E-state index contributed by atoms with van der Waals surface area (Å²) >= 11 is 0. The highest BCUT2D eigenvalue weighted by Gasteiger charge is 2.27. The number of hydrogen-bond acceptors (Lipinski definition) is 5. The fraction of sp³-hybridized carbons (Fsp3) is 0.278. The molecule has 8 nitrogen and oxygen atoms in total. The van der Waals surface area contributed by atoms with Crippen LogP contribution in [0.15, 0.2) is 47.4 Å². The van der Waals surface area contributed by atoms with Gasteiger partial charge in [0.2, 0.25) is 5.91 Å². The Labute approximate surface area is 157 Å². The molecule has 9 heteroatoms. The standard InChI is InChI=1S/C18H21N3O5S/c1-12(2)19-17(22)11-14-7-9-15(10-8-14)20-27(25,26)18-13(3)5-4-6-16(18)21(23)24/h4-10,12,20H,11H2,1-3H3,(H,19,22). The largest absolute Gasteiger partial charge is 0.354 e. The quantitative estimate of drug-likeness (QED) is 0.556. The molecule has 0 radical (unpaired) electrons. The van der Waals surface area contributed by atoms with Crippen molar-refractivity contribution in [3.05, 3.63) is 63.7 Å². The van der Waals surface area contributed by atoms with Crippen LogP contribution in [0.1, 0.15) is 25.0 Å². The van der Waals surface area contributed by atoms with Crippen LogP contribution < -0.4 is 10.0 Å². The van der Waals surface area contributed by atoms with Gasteiger partial charge in [0.05, 0.1) is 11.3 Å². The van der Waals surface area contributed by atoms with Gasteiger partial charge in [0.1, 0.15) is 0 Å². The Kier molecular flexibility index (Phi) is 6.17. The van der Waals surface area contributed by atoms with Gasteiger partial charge in [-0.2, -0.15) is 0 Å². The Morgan fingerprint density at radius 1 is 1.15 bits per heavy atom. The maximum absolute atomic E-state index is 12.7. The number of nitrogens with one attached hydrogen (secondary N) is 2. The predicted octanol–water partition coefficient (Wildman–Crippen LogP) is 2.77. The number of rotatable bonds is 7. The molecule has 0 saturated heterocycles. The van der Waals surface area contributed by atoms with E-state index in [-0.39, 0.29) is 34.5 Å². The molecule has 0 fully saturated rings. The molecule has 2 aromatic rings. The Hall–Kier alpha value is -2.94. The van der Waals surface area contributed by atoms with Crippen LogP contribution in [0.3, 0.4) is 0 Å². The summed E-state index contributed by atoms with van der Waals surface area (Å²) in [4.78, 5) is 21.9. The lowest BCUT2D eigenvalue weighted by Crippen LogP contribution is -2.31. The molecule has 0 heterocycles. The molecule has 0 bridgehead atoms. The first kappa shape index (κ1) is 20.4. The third-order valence-corrected chi connectivity index (χ3v) is 5.25. The number of nitro benzene ring substituents is 1. The van der Waals surface area contributed by atoms with Gasteiger partial charge in [-0.3, -0.25) is 19.6 Å². The number of nitro groups is 1. The van der Waals surface area contributed by atoms with E-state index in [2.05, 4.69) is 10.0 Å². The van der Waals surface area contributed by atoms with Crippen molar-refractivity contribution in [3.8, 4) is 0 Å². The molecule has 0 aliphatic rings. The second-order valence-corrected chi connectivity index (χ2v) is 8.00. The van der Waals surface area contributed by atoms with E-state index < -0.39 is 20.6 Å². The first-order chi connectivity index (χ1) is 12.6. The minimum Gasteiger partial charge on any atom is -0.354 e. The number of carbonyl (C=O) groups is 1. The lowest BCUT2D eigenvalue weighted by Gasteiger charge is -2.12. The van der Waals surface area contributed by atoms with Gasteiger partial charge >= 0.3 is 0 Å². The fourth-order valence-electron chi connectivity index (χ4n) is 2.59.